The molecule has 0 fully saturated rings. The molecule has 0 aliphatic heterocycles. The lowest BCUT2D eigenvalue weighted by Crippen LogP contribution is -2.31. The fourth-order valence-electron chi connectivity index (χ4n) is 1.54. The fraction of sp³-hybridized carbons (Fsp3) is 0.385. The highest BCUT2D eigenvalue weighted by Crippen LogP contribution is 2.26. The molecule has 0 aliphatic rings. The lowest BCUT2D eigenvalue weighted by atomic mass is 9.79. The van der Waals surface area contributed by atoms with Gasteiger partial charge in [-0.15, -0.1) is 0 Å². The third kappa shape index (κ3) is 2.46. The molecule has 0 bridgehead atoms. The normalized spacial score (nSPS) is 15.6. The van der Waals surface area contributed by atoms with E-state index in [-0.39, 0.29) is 5.41 Å². The van der Waals surface area contributed by atoms with Gasteiger partial charge in [0.1, 0.15) is 0 Å². The standard InChI is InChI=1S/C13H19N/c1-3-4-10-13(2,11-14)12-8-6-5-7-9-12/h3-9H,10-11,14H2,1-2H3/b4-3+. The molecule has 1 rings (SSSR count). The van der Waals surface area contributed by atoms with Gasteiger partial charge in [0.05, 0.1) is 0 Å². The van der Waals surface area contributed by atoms with E-state index >= 15 is 0 Å². The van der Waals surface area contributed by atoms with Crippen LogP contribution < -0.4 is 5.73 Å². The summed E-state index contributed by atoms with van der Waals surface area (Å²) >= 11 is 0. The van der Waals surface area contributed by atoms with Crippen molar-refractivity contribution in [3.05, 3.63) is 48.0 Å². The minimum atomic E-state index is 0.0772. The second kappa shape index (κ2) is 4.97. The monoisotopic (exact) mass is 189 g/mol. The van der Waals surface area contributed by atoms with Crippen molar-refractivity contribution >= 4 is 0 Å². The van der Waals surface area contributed by atoms with Gasteiger partial charge >= 0.3 is 0 Å². The lowest BCUT2D eigenvalue weighted by Gasteiger charge is -2.27. The summed E-state index contributed by atoms with van der Waals surface area (Å²) in [6.45, 7) is 4.94. The highest BCUT2D eigenvalue weighted by molar-refractivity contribution is 5.25. The van der Waals surface area contributed by atoms with E-state index in [9.17, 15) is 0 Å². The molecule has 0 saturated carbocycles. The summed E-state index contributed by atoms with van der Waals surface area (Å²) in [4.78, 5) is 0. The predicted octanol–water partition coefficient (Wildman–Crippen LogP) is 2.87. The first-order chi connectivity index (χ1) is 6.73. The van der Waals surface area contributed by atoms with Gasteiger partial charge in [-0.1, -0.05) is 49.4 Å². The first-order valence-corrected chi connectivity index (χ1v) is 5.09. The Labute approximate surface area is 86.6 Å². The van der Waals surface area contributed by atoms with Crippen molar-refractivity contribution in [2.24, 2.45) is 5.73 Å². The highest BCUT2D eigenvalue weighted by atomic mass is 14.6. The summed E-state index contributed by atoms with van der Waals surface area (Å²) in [5.41, 5.74) is 7.24. The number of benzene rings is 1. The van der Waals surface area contributed by atoms with Crippen molar-refractivity contribution in [3.63, 3.8) is 0 Å². The third-order valence-corrected chi connectivity index (χ3v) is 2.73. The van der Waals surface area contributed by atoms with Crippen LogP contribution in [-0.2, 0) is 5.41 Å². The molecule has 0 saturated heterocycles. The maximum absolute atomic E-state index is 5.85. The second-order valence-corrected chi connectivity index (χ2v) is 3.90. The second-order valence-electron chi connectivity index (χ2n) is 3.90. The van der Waals surface area contributed by atoms with E-state index in [0.717, 1.165) is 6.42 Å². The minimum Gasteiger partial charge on any atom is -0.330 e. The van der Waals surface area contributed by atoms with Crippen LogP contribution in [0.25, 0.3) is 0 Å². The molecule has 0 spiro atoms. The van der Waals surface area contributed by atoms with Crippen molar-refractivity contribution < 1.29 is 0 Å². The molecule has 0 heterocycles. The van der Waals surface area contributed by atoms with Crippen LogP contribution in [0, 0.1) is 0 Å². The molecule has 1 atom stereocenters. The zero-order valence-corrected chi connectivity index (χ0v) is 9.03. The smallest absolute Gasteiger partial charge is 0.00817 e. The van der Waals surface area contributed by atoms with Gasteiger partial charge < -0.3 is 5.73 Å². The van der Waals surface area contributed by atoms with Crippen molar-refractivity contribution in [2.75, 3.05) is 6.54 Å². The Kier molecular flexibility index (Phi) is 3.90. The van der Waals surface area contributed by atoms with Crippen LogP contribution in [0.4, 0.5) is 0 Å². The molecule has 0 aromatic heterocycles. The highest BCUT2D eigenvalue weighted by Gasteiger charge is 2.22. The number of hydrogen-bond acceptors (Lipinski definition) is 1. The summed E-state index contributed by atoms with van der Waals surface area (Å²) in [5.74, 6) is 0. The molecule has 1 nitrogen and oxygen atoms in total. The van der Waals surface area contributed by atoms with Crippen LogP contribution in [0.15, 0.2) is 42.5 Å². The van der Waals surface area contributed by atoms with Crippen molar-refractivity contribution in [3.8, 4) is 0 Å². The van der Waals surface area contributed by atoms with Crippen LogP contribution in [-0.4, -0.2) is 6.54 Å². The summed E-state index contributed by atoms with van der Waals surface area (Å²) in [7, 11) is 0. The molecule has 1 heteroatoms. The number of nitrogens with two attached hydrogens (primary N) is 1. The Morgan fingerprint density at radius 2 is 1.93 bits per heavy atom. The summed E-state index contributed by atoms with van der Waals surface area (Å²) in [5, 5.41) is 0. The predicted molar refractivity (Wildman–Crippen MR) is 62.3 cm³/mol. The number of allylic oxidation sites excluding steroid dienone is 2. The Morgan fingerprint density at radius 3 is 2.43 bits per heavy atom. The van der Waals surface area contributed by atoms with Crippen molar-refractivity contribution in [1.82, 2.24) is 0 Å². The van der Waals surface area contributed by atoms with Gasteiger partial charge in [0.2, 0.25) is 0 Å². The molecular formula is C13H19N. The Balaban J connectivity index is 2.89. The molecular weight excluding hydrogens is 170 g/mol. The van der Waals surface area contributed by atoms with E-state index in [1.807, 2.05) is 13.0 Å². The topological polar surface area (TPSA) is 26.0 Å². The Bertz CT molecular complexity index is 289. The molecule has 0 amide bonds. The molecule has 0 radical (unpaired) electrons. The summed E-state index contributed by atoms with van der Waals surface area (Å²) in [6, 6.07) is 10.5. The van der Waals surface area contributed by atoms with Crippen LogP contribution in [0.2, 0.25) is 0 Å². The molecule has 1 unspecified atom stereocenters. The average molecular weight is 189 g/mol. The van der Waals surface area contributed by atoms with E-state index in [2.05, 4.69) is 43.3 Å². The zero-order chi connectivity index (χ0) is 10.4. The fourth-order valence-corrected chi connectivity index (χ4v) is 1.54. The van der Waals surface area contributed by atoms with Crippen LogP contribution in [0.1, 0.15) is 25.8 Å². The van der Waals surface area contributed by atoms with Gasteiger partial charge in [-0.3, -0.25) is 0 Å². The maximum atomic E-state index is 5.85. The quantitative estimate of drug-likeness (QED) is 0.724. The molecule has 14 heavy (non-hydrogen) atoms. The van der Waals surface area contributed by atoms with Gasteiger partial charge in [-0.2, -0.15) is 0 Å². The Morgan fingerprint density at radius 1 is 1.29 bits per heavy atom. The number of rotatable bonds is 4. The Hall–Kier alpha value is -1.08. The molecule has 1 aromatic rings. The van der Waals surface area contributed by atoms with Crippen LogP contribution in [0.5, 0.6) is 0 Å². The first kappa shape index (κ1) is 11.0. The van der Waals surface area contributed by atoms with E-state index in [1.54, 1.807) is 0 Å². The van der Waals surface area contributed by atoms with Crippen LogP contribution in [0.3, 0.4) is 0 Å². The van der Waals surface area contributed by atoms with Crippen LogP contribution >= 0.6 is 0 Å². The van der Waals surface area contributed by atoms with E-state index in [1.165, 1.54) is 5.56 Å². The van der Waals surface area contributed by atoms with Gasteiger partial charge in [-0.05, 0) is 18.9 Å². The van der Waals surface area contributed by atoms with E-state index in [0.29, 0.717) is 6.54 Å². The lowest BCUT2D eigenvalue weighted by molar-refractivity contribution is 0.490. The minimum absolute atomic E-state index is 0.0772. The first-order valence-electron chi connectivity index (χ1n) is 5.09. The largest absolute Gasteiger partial charge is 0.330 e. The van der Waals surface area contributed by atoms with Gasteiger partial charge in [0, 0.05) is 12.0 Å². The van der Waals surface area contributed by atoms with E-state index in [4.69, 9.17) is 5.73 Å². The SMILES string of the molecule is C/C=C/CC(C)(CN)c1ccccc1. The molecule has 1 aromatic carbocycles. The van der Waals surface area contributed by atoms with Crippen molar-refractivity contribution in [2.45, 2.75) is 25.7 Å². The summed E-state index contributed by atoms with van der Waals surface area (Å²) in [6.07, 6.45) is 5.26. The third-order valence-electron chi connectivity index (χ3n) is 2.73. The van der Waals surface area contributed by atoms with E-state index < -0.39 is 0 Å². The maximum Gasteiger partial charge on any atom is 0.00817 e. The number of hydrogen-bond donors (Lipinski definition) is 1. The molecule has 0 aliphatic carbocycles. The summed E-state index contributed by atoms with van der Waals surface area (Å²) < 4.78 is 0. The zero-order valence-electron chi connectivity index (χ0n) is 9.03. The van der Waals surface area contributed by atoms with Gasteiger partial charge in [-0.25, -0.2) is 0 Å². The molecule has 2 N–H and O–H groups in total. The molecule has 76 valence electrons. The van der Waals surface area contributed by atoms with Crippen molar-refractivity contribution in [1.29, 1.82) is 0 Å². The average Bonchev–Trinajstić information content (AvgIpc) is 2.27. The van der Waals surface area contributed by atoms with Gasteiger partial charge in [0.25, 0.3) is 0 Å². The van der Waals surface area contributed by atoms with Gasteiger partial charge in [0.15, 0.2) is 0 Å².